The van der Waals surface area contributed by atoms with Gasteiger partial charge in [-0.15, -0.1) is 0 Å². The number of amides is 1. The molecule has 2 saturated carbocycles. The third kappa shape index (κ3) is 2.24. The second kappa shape index (κ2) is 4.74. The van der Waals surface area contributed by atoms with Crippen molar-refractivity contribution in [2.75, 3.05) is 6.54 Å². The van der Waals surface area contributed by atoms with E-state index in [0.717, 1.165) is 11.8 Å². The number of carbonyl (C=O) groups is 1. The molecule has 16 heavy (non-hydrogen) atoms. The molecule has 92 valence electrons. The molecule has 0 radical (unpaired) electrons. The molecule has 2 fully saturated rings. The monoisotopic (exact) mass is 224 g/mol. The van der Waals surface area contributed by atoms with Crippen LogP contribution >= 0.6 is 0 Å². The molecule has 0 saturated heterocycles. The van der Waals surface area contributed by atoms with Crippen LogP contribution in [0.5, 0.6) is 0 Å². The highest BCUT2D eigenvalue weighted by Gasteiger charge is 2.40. The minimum atomic E-state index is -0.0147. The summed E-state index contributed by atoms with van der Waals surface area (Å²) < 4.78 is 0. The van der Waals surface area contributed by atoms with Crippen LogP contribution in [0.25, 0.3) is 0 Å². The van der Waals surface area contributed by atoms with Gasteiger partial charge in [-0.2, -0.15) is 0 Å². The summed E-state index contributed by atoms with van der Waals surface area (Å²) in [5, 5.41) is 3.22. The molecular formula is C13H24N2O. The lowest BCUT2D eigenvalue weighted by Gasteiger charge is -2.26. The van der Waals surface area contributed by atoms with Gasteiger partial charge in [-0.25, -0.2) is 0 Å². The van der Waals surface area contributed by atoms with Crippen LogP contribution < -0.4 is 11.1 Å². The summed E-state index contributed by atoms with van der Waals surface area (Å²) in [6.45, 7) is 4.60. The van der Waals surface area contributed by atoms with Crippen molar-refractivity contribution in [2.45, 2.75) is 45.6 Å². The number of hydrogen-bond acceptors (Lipinski definition) is 2. The molecule has 4 unspecified atom stereocenters. The van der Waals surface area contributed by atoms with E-state index in [2.05, 4.69) is 19.2 Å². The van der Waals surface area contributed by atoms with E-state index in [1.807, 2.05) is 0 Å². The second-order valence-electron chi connectivity index (χ2n) is 5.88. The molecule has 0 aromatic carbocycles. The summed E-state index contributed by atoms with van der Waals surface area (Å²) in [6.07, 6.45) is 5.22. The zero-order valence-corrected chi connectivity index (χ0v) is 10.4. The van der Waals surface area contributed by atoms with Crippen molar-refractivity contribution in [2.24, 2.45) is 29.4 Å². The molecule has 0 aromatic heterocycles. The predicted octanol–water partition coefficient (Wildman–Crippen LogP) is 1.52. The highest BCUT2D eigenvalue weighted by atomic mass is 16.2. The van der Waals surface area contributed by atoms with Crippen LogP contribution in [0.4, 0.5) is 0 Å². The predicted molar refractivity (Wildman–Crippen MR) is 64.8 cm³/mol. The first-order valence-corrected chi connectivity index (χ1v) is 6.62. The molecule has 3 nitrogen and oxygen atoms in total. The SMILES string of the molecule is CC(C)C(CN)C(=O)NC1CC2CCC1C2. The topological polar surface area (TPSA) is 55.1 Å². The average molecular weight is 224 g/mol. The Morgan fingerprint density at radius 3 is 2.56 bits per heavy atom. The molecule has 3 N–H and O–H groups in total. The fraction of sp³-hybridized carbons (Fsp3) is 0.923. The molecular weight excluding hydrogens is 200 g/mol. The third-order valence-corrected chi connectivity index (χ3v) is 4.46. The van der Waals surface area contributed by atoms with Crippen LogP contribution in [0.15, 0.2) is 0 Å². The van der Waals surface area contributed by atoms with Gasteiger partial charge in [0.25, 0.3) is 0 Å². The molecule has 0 spiro atoms. The van der Waals surface area contributed by atoms with Crippen molar-refractivity contribution in [1.82, 2.24) is 5.32 Å². The largest absolute Gasteiger partial charge is 0.353 e. The molecule has 0 aliphatic heterocycles. The maximum atomic E-state index is 12.1. The molecule has 0 aromatic rings. The second-order valence-corrected chi connectivity index (χ2v) is 5.88. The smallest absolute Gasteiger partial charge is 0.224 e. The number of nitrogens with one attached hydrogen (secondary N) is 1. The summed E-state index contributed by atoms with van der Waals surface area (Å²) >= 11 is 0. The average Bonchev–Trinajstić information content (AvgIpc) is 2.79. The molecule has 0 heterocycles. The molecule has 4 atom stereocenters. The highest BCUT2D eigenvalue weighted by molar-refractivity contribution is 5.79. The summed E-state index contributed by atoms with van der Waals surface area (Å²) in [6, 6.07) is 0.444. The highest BCUT2D eigenvalue weighted by Crippen LogP contribution is 2.44. The van der Waals surface area contributed by atoms with Crippen LogP contribution in [-0.2, 0) is 4.79 Å². The van der Waals surface area contributed by atoms with Crippen molar-refractivity contribution in [1.29, 1.82) is 0 Å². The van der Waals surface area contributed by atoms with Gasteiger partial charge in [0.2, 0.25) is 5.91 Å². The number of fused-ring (bicyclic) bond motifs is 2. The van der Waals surface area contributed by atoms with E-state index in [4.69, 9.17) is 5.73 Å². The van der Waals surface area contributed by atoms with Crippen molar-refractivity contribution in [3.05, 3.63) is 0 Å². The molecule has 3 heteroatoms. The van der Waals surface area contributed by atoms with Crippen LogP contribution in [0, 0.1) is 23.7 Å². The lowest BCUT2D eigenvalue weighted by atomic mass is 9.92. The van der Waals surface area contributed by atoms with Gasteiger partial charge in [0.05, 0.1) is 5.92 Å². The van der Waals surface area contributed by atoms with Gasteiger partial charge in [-0.05, 0) is 37.0 Å². The lowest BCUT2D eigenvalue weighted by molar-refractivity contribution is -0.127. The van der Waals surface area contributed by atoms with Gasteiger partial charge in [-0.3, -0.25) is 4.79 Å². The van der Waals surface area contributed by atoms with Gasteiger partial charge in [-0.1, -0.05) is 20.3 Å². The van der Waals surface area contributed by atoms with Crippen molar-refractivity contribution >= 4 is 5.91 Å². The molecule has 2 rings (SSSR count). The van der Waals surface area contributed by atoms with Crippen LogP contribution in [0.2, 0.25) is 0 Å². The van der Waals surface area contributed by atoms with Crippen molar-refractivity contribution in [3.8, 4) is 0 Å². The van der Waals surface area contributed by atoms with E-state index in [9.17, 15) is 4.79 Å². The summed E-state index contributed by atoms with van der Waals surface area (Å²) in [5.74, 6) is 2.13. The Balaban J connectivity index is 1.87. The summed E-state index contributed by atoms with van der Waals surface area (Å²) in [4.78, 5) is 12.1. The van der Waals surface area contributed by atoms with Gasteiger partial charge in [0.15, 0.2) is 0 Å². The minimum absolute atomic E-state index is 0.0147. The number of carbonyl (C=O) groups excluding carboxylic acids is 1. The standard InChI is InChI=1S/C13H24N2O/c1-8(2)11(7-14)13(16)15-12-6-9-3-4-10(12)5-9/h8-12H,3-7,14H2,1-2H3,(H,15,16). The molecule has 1 amide bonds. The number of hydrogen-bond donors (Lipinski definition) is 2. The van der Waals surface area contributed by atoms with Crippen LogP contribution in [-0.4, -0.2) is 18.5 Å². The van der Waals surface area contributed by atoms with E-state index in [-0.39, 0.29) is 11.8 Å². The Morgan fingerprint density at radius 1 is 1.38 bits per heavy atom. The van der Waals surface area contributed by atoms with Gasteiger partial charge >= 0.3 is 0 Å². The fourth-order valence-corrected chi connectivity index (χ4v) is 3.39. The quantitative estimate of drug-likeness (QED) is 0.760. The van der Waals surface area contributed by atoms with Crippen molar-refractivity contribution in [3.63, 3.8) is 0 Å². The Labute approximate surface area is 98.2 Å². The first-order valence-electron chi connectivity index (χ1n) is 6.62. The first kappa shape index (κ1) is 11.9. The third-order valence-electron chi connectivity index (χ3n) is 4.46. The van der Waals surface area contributed by atoms with E-state index in [1.165, 1.54) is 25.7 Å². The van der Waals surface area contributed by atoms with E-state index >= 15 is 0 Å². The Bertz CT molecular complexity index is 265. The Morgan fingerprint density at radius 2 is 2.12 bits per heavy atom. The Hall–Kier alpha value is -0.570. The zero-order valence-electron chi connectivity index (χ0n) is 10.4. The zero-order chi connectivity index (χ0) is 11.7. The van der Waals surface area contributed by atoms with E-state index in [0.29, 0.717) is 18.5 Å². The van der Waals surface area contributed by atoms with Crippen LogP contribution in [0.1, 0.15) is 39.5 Å². The maximum absolute atomic E-state index is 12.1. The normalized spacial score (nSPS) is 34.4. The fourth-order valence-electron chi connectivity index (χ4n) is 3.39. The molecule has 2 bridgehead atoms. The molecule has 2 aliphatic carbocycles. The van der Waals surface area contributed by atoms with E-state index in [1.54, 1.807) is 0 Å². The van der Waals surface area contributed by atoms with E-state index < -0.39 is 0 Å². The van der Waals surface area contributed by atoms with Gasteiger partial charge in [0.1, 0.15) is 0 Å². The number of rotatable bonds is 4. The lowest BCUT2D eigenvalue weighted by Crippen LogP contribution is -2.45. The minimum Gasteiger partial charge on any atom is -0.353 e. The molecule has 2 aliphatic rings. The summed E-state index contributed by atoms with van der Waals surface area (Å²) in [7, 11) is 0. The van der Waals surface area contributed by atoms with Gasteiger partial charge in [0, 0.05) is 12.6 Å². The Kier molecular flexibility index (Phi) is 3.53. The van der Waals surface area contributed by atoms with Gasteiger partial charge < -0.3 is 11.1 Å². The first-order chi connectivity index (χ1) is 7.61. The summed E-state index contributed by atoms with van der Waals surface area (Å²) in [5.41, 5.74) is 5.66. The maximum Gasteiger partial charge on any atom is 0.224 e. The van der Waals surface area contributed by atoms with Crippen LogP contribution in [0.3, 0.4) is 0 Å². The number of nitrogens with two attached hydrogens (primary N) is 1. The van der Waals surface area contributed by atoms with Crippen molar-refractivity contribution < 1.29 is 4.79 Å².